The van der Waals surface area contributed by atoms with Gasteiger partial charge in [-0.25, -0.2) is 17.4 Å². The second-order valence-electron chi connectivity index (χ2n) is 4.46. The molecule has 0 atom stereocenters. The highest BCUT2D eigenvalue weighted by molar-refractivity contribution is 7.90. The Labute approximate surface area is 127 Å². The second kappa shape index (κ2) is 5.53. The highest BCUT2D eigenvalue weighted by Gasteiger charge is 2.23. The molecule has 0 spiro atoms. The number of hydrogen-bond donors (Lipinski definition) is 0. The third-order valence-corrected chi connectivity index (χ3v) is 4.67. The molecule has 0 unspecified atom stereocenters. The molecule has 2 aromatic heterocycles. The van der Waals surface area contributed by atoms with E-state index in [0.29, 0.717) is 11.8 Å². The van der Waals surface area contributed by atoms with E-state index in [-0.39, 0.29) is 16.4 Å². The molecule has 0 aliphatic rings. The van der Waals surface area contributed by atoms with Gasteiger partial charge in [-0.15, -0.1) is 0 Å². The molecule has 0 aliphatic heterocycles. The number of benzene rings is 1. The molecule has 2 heterocycles. The zero-order chi connectivity index (χ0) is 15.6. The standard InChI is InChI=1S/C15H11N3O3S/c19-11-13-10-18(15(17-13)12-5-2-1-3-6-12)22(20,21)14-7-4-8-16-9-14/h1-11H. The van der Waals surface area contributed by atoms with Crippen LogP contribution >= 0.6 is 0 Å². The lowest BCUT2D eigenvalue weighted by molar-refractivity contribution is 0.111. The Kier molecular flexibility index (Phi) is 3.56. The Bertz CT molecular complexity index is 904. The summed E-state index contributed by atoms with van der Waals surface area (Å²) in [6.45, 7) is 0. The van der Waals surface area contributed by atoms with Crippen molar-refractivity contribution >= 4 is 16.3 Å². The van der Waals surface area contributed by atoms with Crippen LogP contribution in [0.5, 0.6) is 0 Å². The minimum Gasteiger partial charge on any atom is -0.296 e. The molecule has 3 rings (SSSR count). The van der Waals surface area contributed by atoms with Crippen molar-refractivity contribution < 1.29 is 13.2 Å². The molecule has 0 saturated heterocycles. The van der Waals surface area contributed by atoms with Crippen molar-refractivity contribution in [3.05, 3.63) is 66.7 Å². The van der Waals surface area contributed by atoms with Gasteiger partial charge >= 0.3 is 0 Å². The molecule has 1 aromatic carbocycles. The topological polar surface area (TPSA) is 81.9 Å². The van der Waals surface area contributed by atoms with Gasteiger partial charge in [-0.1, -0.05) is 30.3 Å². The zero-order valence-electron chi connectivity index (χ0n) is 11.3. The average molecular weight is 313 g/mol. The molecule has 7 heteroatoms. The lowest BCUT2D eigenvalue weighted by Gasteiger charge is -2.08. The predicted octanol–water partition coefficient (Wildman–Crippen LogP) is 1.99. The maximum atomic E-state index is 12.7. The summed E-state index contributed by atoms with van der Waals surface area (Å²) >= 11 is 0. The van der Waals surface area contributed by atoms with Crippen molar-refractivity contribution in [1.82, 2.24) is 13.9 Å². The molecule has 110 valence electrons. The van der Waals surface area contributed by atoms with Gasteiger partial charge in [0.25, 0.3) is 10.0 Å². The van der Waals surface area contributed by atoms with E-state index in [9.17, 15) is 13.2 Å². The summed E-state index contributed by atoms with van der Waals surface area (Å²) in [5, 5.41) is 0. The lowest BCUT2D eigenvalue weighted by atomic mass is 10.2. The van der Waals surface area contributed by atoms with Crippen molar-refractivity contribution in [3.63, 3.8) is 0 Å². The maximum absolute atomic E-state index is 12.7. The molecule has 6 nitrogen and oxygen atoms in total. The molecular weight excluding hydrogens is 302 g/mol. The first-order chi connectivity index (χ1) is 10.6. The smallest absolute Gasteiger partial charge is 0.270 e. The number of aromatic nitrogens is 3. The Hall–Kier alpha value is -2.80. The SMILES string of the molecule is O=Cc1cn(S(=O)(=O)c2cccnc2)c(-c2ccccc2)n1. The Morgan fingerprint density at radius 3 is 2.45 bits per heavy atom. The van der Waals surface area contributed by atoms with Crippen LogP contribution in [-0.4, -0.2) is 28.6 Å². The lowest BCUT2D eigenvalue weighted by Crippen LogP contribution is -2.13. The van der Waals surface area contributed by atoms with E-state index in [1.807, 2.05) is 6.07 Å². The van der Waals surface area contributed by atoms with Gasteiger partial charge in [0.2, 0.25) is 0 Å². The highest BCUT2D eigenvalue weighted by atomic mass is 32.2. The van der Waals surface area contributed by atoms with Crippen molar-refractivity contribution in [2.75, 3.05) is 0 Å². The van der Waals surface area contributed by atoms with E-state index in [4.69, 9.17) is 0 Å². The molecule has 0 saturated carbocycles. The zero-order valence-corrected chi connectivity index (χ0v) is 12.1. The van der Waals surface area contributed by atoms with E-state index in [1.54, 1.807) is 24.3 Å². The molecule has 0 N–H and O–H groups in total. The van der Waals surface area contributed by atoms with Gasteiger partial charge in [0.15, 0.2) is 12.1 Å². The normalized spacial score (nSPS) is 11.3. The molecule has 0 fully saturated rings. The van der Waals surface area contributed by atoms with Crippen LogP contribution in [0.4, 0.5) is 0 Å². The van der Waals surface area contributed by atoms with E-state index in [1.165, 1.54) is 30.7 Å². The quantitative estimate of drug-likeness (QED) is 0.688. The van der Waals surface area contributed by atoms with Gasteiger partial charge in [0.05, 0.1) is 6.20 Å². The summed E-state index contributed by atoms with van der Waals surface area (Å²) in [5.41, 5.74) is 0.648. The molecular formula is C15H11N3O3S. The van der Waals surface area contributed by atoms with Crippen molar-refractivity contribution in [2.24, 2.45) is 0 Å². The third kappa shape index (κ3) is 2.42. The summed E-state index contributed by atoms with van der Waals surface area (Å²) in [6.07, 6.45) is 4.46. The van der Waals surface area contributed by atoms with Crippen molar-refractivity contribution in [1.29, 1.82) is 0 Å². The first-order valence-corrected chi connectivity index (χ1v) is 7.82. The van der Waals surface area contributed by atoms with Gasteiger partial charge in [-0.3, -0.25) is 9.78 Å². The molecule has 3 aromatic rings. The first kappa shape index (κ1) is 14.2. The maximum Gasteiger partial charge on any atom is 0.270 e. The molecule has 0 bridgehead atoms. The highest BCUT2D eigenvalue weighted by Crippen LogP contribution is 2.23. The number of aldehydes is 1. The largest absolute Gasteiger partial charge is 0.296 e. The fourth-order valence-corrected chi connectivity index (χ4v) is 3.31. The van der Waals surface area contributed by atoms with Gasteiger partial charge in [0.1, 0.15) is 10.6 Å². The Morgan fingerprint density at radius 1 is 1.05 bits per heavy atom. The molecule has 0 aliphatic carbocycles. The van der Waals surface area contributed by atoms with Crippen LogP contribution in [0.25, 0.3) is 11.4 Å². The van der Waals surface area contributed by atoms with Crippen LogP contribution in [0.1, 0.15) is 10.5 Å². The number of hydrogen-bond acceptors (Lipinski definition) is 5. The van der Waals surface area contributed by atoms with Gasteiger partial charge in [-0.05, 0) is 12.1 Å². The fourth-order valence-electron chi connectivity index (χ4n) is 2.01. The average Bonchev–Trinajstić information content (AvgIpc) is 3.02. The van der Waals surface area contributed by atoms with E-state index in [0.717, 1.165) is 3.97 Å². The van der Waals surface area contributed by atoms with Crippen molar-refractivity contribution in [3.8, 4) is 11.4 Å². The number of carbonyl (C=O) groups is 1. The first-order valence-electron chi connectivity index (χ1n) is 6.38. The summed E-state index contributed by atoms with van der Waals surface area (Å²) < 4.78 is 26.5. The van der Waals surface area contributed by atoms with Crippen molar-refractivity contribution in [2.45, 2.75) is 4.90 Å². The summed E-state index contributed by atoms with van der Waals surface area (Å²) in [4.78, 5) is 18.9. The van der Waals surface area contributed by atoms with Crippen LogP contribution < -0.4 is 0 Å². The molecule has 0 radical (unpaired) electrons. The van der Waals surface area contributed by atoms with E-state index in [2.05, 4.69) is 9.97 Å². The summed E-state index contributed by atoms with van der Waals surface area (Å²) in [7, 11) is -3.87. The third-order valence-electron chi connectivity index (χ3n) is 3.04. The number of pyridine rings is 1. The minimum atomic E-state index is -3.87. The van der Waals surface area contributed by atoms with Crippen LogP contribution in [-0.2, 0) is 10.0 Å². The summed E-state index contributed by atoms with van der Waals surface area (Å²) in [6, 6.07) is 11.8. The van der Waals surface area contributed by atoms with Crippen LogP contribution in [0.2, 0.25) is 0 Å². The fraction of sp³-hybridized carbons (Fsp3) is 0. The molecule has 22 heavy (non-hydrogen) atoms. The van der Waals surface area contributed by atoms with Gasteiger partial charge in [0, 0.05) is 18.0 Å². The van der Waals surface area contributed by atoms with Crippen LogP contribution in [0.15, 0.2) is 66.0 Å². The molecule has 0 amide bonds. The number of nitrogens with zero attached hydrogens (tertiary/aromatic N) is 3. The number of imidazole rings is 1. The second-order valence-corrected chi connectivity index (χ2v) is 6.28. The number of carbonyl (C=O) groups excluding carboxylic acids is 1. The monoisotopic (exact) mass is 313 g/mol. The summed E-state index contributed by atoms with van der Waals surface area (Å²) in [5.74, 6) is 0.187. The van der Waals surface area contributed by atoms with Gasteiger partial charge < -0.3 is 0 Å². The van der Waals surface area contributed by atoms with Crippen LogP contribution in [0, 0.1) is 0 Å². The van der Waals surface area contributed by atoms with Gasteiger partial charge in [-0.2, -0.15) is 0 Å². The number of rotatable bonds is 4. The minimum absolute atomic E-state index is 0.0297. The van der Waals surface area contributed by atoms with Crippen LogP contribution in [0.3, 0.4) is 0 Å². The van der Waals surface area contributed by atoms with E-state index >= 15 is 0 Å². The van der Waals surface area contributed by atoms with E-state index < -0.39 is 10.0 Å². The Balaban J connectivity index is 2.23. The Morgan fingerprint density at radius 2 is 1.82 bits per heavy atom. The predicted molar refractivity (Wildman–Crippen MR) is 79.9 cm³/mol.